The van der Waals surface area contributed by atoms with Gasteiger partial charge in [-0.1, -0.05) is 24.1 Å². The zero-order valence-electron chi connectivity index (χ0n) is 9.93. The van der Waals surface area contributed by atoms with Gasteiger partial charge in [-0.25, -0.2) is 4.39 Å². The predicted octanol–water partition coefficient (Wildman–Crippen LogP) is 3.85. The van der Waals surface area contributed by atoms with Crippen LogP contribution in [-0.2, 0) is 6.54 Å². The molecule has 0 spiro atoms. The van der Waals surface area contributed by atoms with Crippen LogP contribution >= 0.6 is 23.4 Å². The van der Waals surface area contributed by atoms with Crippen molar-refractivity contribution in [1.82, 2.24) is 5.32 Å². The van der Waals surface area contributed by atoms with E-state index >= 15 is 0 Å². The molecular formula is C13H17ClFNS. The summed E-state index contributed by atoms with van der Waals surface area (Å²) in [7, 11) is 0. The van der Waals surface area contributed by atoms with E-state index in [0.717, 1.165) is 12.1 Å². The molecule has 1 nitrogen and oxygen atoms in total. The predicted molar refractivity (Wildman–Crippen MR) is 73.2 cm³/mol. The lowest BCUT2D eigenvalue weighted by atomic mass is 9.84. The molecule has 0 heterocycles. The van der Waals surface area contributed by atoms with E-state index in [-0.39, 0.29) is 10.8 Å². The van der Waals surface area contributed by atoms with Crippen molar-refractivity contribution >= 4 is 23.4 Å². The molecule has 1 N–H and O–H groups in total. The quantitative estimate of drug-likeness (QED) is 0.874. The Balaban J connectivity index is 1.83. The van der Waals surface area contributed by atoms with Crippen LogP contribution in [0.4, 0.5) is 4.39 Å². The van der Waals surface area contributed by atoms with Crippen molar-refractivity contribution in [1.29, 1.82) is 0 Å². The van der Waals surface area contributed by atoms with Crippen molar-refractivity contribution in [2.24, 2.45) is 0 Å². The van der Waals surface area contributed by atoms with E-state index in [9.17, 15) is 4.39 Å². The Hall–Kier alpha value is -0.250. The molecule has 1 aliphatic rings. The Morgan fingerprint density at radius 3 is 2.76 bits per heavy atom. The van der Waals surface area contributed by atoms with Gasteiger partial charge < -0.3 is 5.32 Å². The maximum atomic E-state index is 13.2. The Morgan fingerprint density at radius 2 is 2.24 bits per heavy atom. The lowest BCUT2D eigenvalue weighted by Gasteiger charge is -2.40. The maximum absolute atomic E-state index is 13.2. The molecule has 17 heavy (non-hydrogen) atoms. The summed E-state index contributed by atoms with van der Waals surface area (Å²) in [4.78, 5) is 0. The minimum absolute atomic E-state index is 0.188. The highest BCUT2D eigenvalue weighted by Gasteiger charge is 2.35. The lowest BCUT2D eigenvalue weighted by molar-refractivity contribution is 0.345. The fourth-order valence-electron chi connectivity index (χ4n) is 2.11. The molecule has 2 rings (SSSR count). The van der Waals surface area contributed by atoms with Crippen LogP contribution in [0.2, 0.25) is 5.02 Å². The van der Waals surface area contributed by atoms with Crippen LogP contribution in [0.1, 0.15) is 24.8 Å². The Bertz CT molecular complexity index is 387. The molecule has 1 saturated carbocycles. The highest BCUT2D eigenvalue weighted by atomic mass is 35.5. The van der Waals surface area contributed by atoms with Crippen molar-refractivity contribution in [3.63, 3.8) is 0 Å². The molecule has 4 heteroatoms. The van der Waals surface area contributed by atoms with Gasteiger partial charge in [0.15, 0.2) is 0 Å². The first-order valence-corrected chi connectivity index (χ1v) is 7.45. The van der Waals surface area contributed by atoms with Crippen LogP contribution in [0.15, 0.2) is 18.2 Å². The van der Waals surface area contributed by atoms with Gasteiger partial charge in [-0.05, 0) is 36.8 Å². The van der Waals surface area contributed by atoms with Crippen LogP contribution in [0.3, 0.4) is 0 Å². The minimum Gasteiger partial charge on any atom is -0.311 e. The van der Waals surface area contributed by atoms with Gasteiger partial charge in [0.05, 0.1) is 5.02 Å². The molecule has 0 radical (unpaired) electrons. The van der Waals surface area contributed by atoms with E-state index in [0.29, 0.717) is 11.3 Å². The SMILES string of the molecule is CSC1(CNCc2ccc(Cl)c(F)c2)CCC1. The van der Waals surface area contributed by atoms with E-state index in [1.54, 1.807) is 6.07 Å². The topological polar surface area (TPSA) is 12.0 Å². The molecule has 0 aromatic heterocycles. The Morgan fingerprint density at radius 1 is 1.47 bits per heavy atom. The van der Waals surface area contributed by atoms with E-state index in [1.807, 2.05) is 17.8 Å². The monoisotopic (exact) mass is 273 g/mol. The minimum atomic E-state index is -0.339. The molecule has 0 saturated heterocycles. The molecule has 0 amide bonds. The van der Waals surface area contributed by atoms with Crippen LogP contribution in [0.5, 0.6) is 0 Å². The molecule has 0 atom stereocenters. The van der Waals surface area contributed by atoms with Crippen molar-refractivity contribution < 1.29 is 4.39 Å². The second kappa shape index (κ2) is 5.59. The largest absolute Gasteiger partial charge is 0.311 e. The van der Waals surface area contributed by atoms with Gasteiger partial charge >= 0.3 is 0 Å². The number of rotatable bonds is 5. The third kappa shape index (κ3) is 3.15. The maximum Gasteiger partial charge on any atom is 0.142 e. The summed E-state index contributed by atoms with van der Waals surface area (Å²) in [6.07, 6.45) is 6.08. The first-order valence-electron chi connectivity index (χ1n) is 5.85. The van der Waals surface area contributed by atoms with E-state index in [2.05, 4.69) is 11.6 Å². The van der Waals surface area contributed by atoms with Crippen molar-refractivity contribution in [3.8, 4) is 0 Å². The second-order valence-electron chi connectivity index (χ2n) is 4.59. The standard InChI is InChI=1S/C13H17ClFNS/c1-17-13(5-2-6-13)9-16-8-10-3-4-11(14)12(15)7-10/h3-4,7,16H,2,5-6,8-9H2,1H3. The van der Waals surface area contributed by atoms with E-state index in [1.165, 1.54) is 25.3 Å². The molecular weight excluding hydrogens is 257 g/mol. The van der Waals surface area contributed by atoms with Gasteiger partial charge in [0.25, 0.3) is 0 Å². The van der Waals surface area contributed by atoms with Gasteiger partial charge in [0.2, 0.25) is 0 Å². The normalized spacial score (nSPS) is 17.8. The fraction of sp³-hybridized carbons (Fsp3) is 0.538. The van der Waals surface area contributed by atoms with Gasteiger partial charge in [0, 0.05) is 17.8 Å². The molecule has 0 aliphatic heterocycles. The zero-order chi connectivity index (χ0) is 12.3. The number of thioether (sulfide) groups is 1. The molecule has 0 bridgehead atoms. The fourth-order valence-corrected chi connectivity index (χ4v) is 3.17. The van der Waals surface area contributed by atoms with Gasteiger partial charge in [-0.2, -0.15) is 11.8 Å². The smallest absolute Gasteiger partial charge is 0.142 e. The zero-order valence-corrected chi connectivity index (χ0v) is 11.5. The third-order valence-corrected chi connectivity index (χ3v) is 5.18. The Kier molecular flexibility index (Phi) is 4.34. The van der Waals surface area contributed by atoms with Crippen molar-refractivity contribution in [2.45, 2.75) is 30.6 Å². The van der Waals surface area contributed by atoms with Crippen LogP contribution < -0.4 is 5.32 Å². The third-order valence-electron chi connectivity index (χ3n) is 3.46. The molecule has 94 valence electrons. The number of halogens is 2. The molecule has 1 fully saturated rings. The second-order valence-corrected chi connectivity index (χ2v) is 6.27. The number of hydrogen-bond acceptors (Lipinski definition) is 2. The van der Waals surface area contributed by atoms with Crippen molar-refractivity contribution in [3.05, 3.63) is 34.6 Å². The first kappa shape index (κ1) is 13.2. The highest BCUT2D eigenvalue weighted by molar-refractivity contribution is 8.00. The summed E-state index contributed by atoms with van der Waals surface area (Å²) in [6, 6.07) is 4.98. The van der Waals surface area contributed by atoms with E-state index < -0.39 is 0 Å². The average Bonchev–Trinajstić information content (AvgIpc) is 2.27. The van der Waals surface area contributed by atoms with Crippen LogP contribution in [0.25, 0.3) is 0 Å². The summed E-state index contributed by atoms with van der Waals surface area (Å²) in [5.74, 6) is -0.339. The first-order chi connectivity index (χ1) is 8.15. The average molecular weight is 274 g/mol. The summed E-state index contributed by atoms with van der Waals surface area (Å²) in [5, 5.41) is 3.60. The molecule has 1 aliphatic carbocycles. The summed E-state index contributed by atoms with van der Waals surface area (Å²) in [5.41, 5.74) is 0.947. The van der Waals surface area contributed by atoms with Gasteiger partial charge in [-0.15, -0.1) is 0 Å². The van der Waals surface area contributed by atoms with E-state index in [4.69, 9.17) is 11.6 Å². The summed E-state index contributed by atoms with van der Waals surface area (Å²) in [6.45, 7) is 1.70. The number of hydrogen-bond donors (Lipinski definition) is 1. The number of nitrogens with one attached hydrogen (secondary N) is 1. The lowest BCUT2D eigenvalue weighted by Crippen LogP contribution is -2.43. The summed E-state index contributed by atoms with van der Waals surface area (Å²) < 4.78 is 13.6. The molecule has 1 aromatic rings. The molecule has 0 unspecified atom stereocenters. The highest BCUT2D eigenvalue weighted by Crippen LogP contribution is 2.42. The van der Waals surface area contributed by atoms with Crippen LogP contribution in [-0.4, -0.2) is 17.5 Å². The van der Waals surface area contributed by atoms with Gasteiger partial charge in [0.1, 0.15) is 5.82 Å². The van der Waals surface area contributed by atoms with Crippen molar-refractivity contribution in [2.75, 3.05) is 12.8 Å². The van der Waals surface area contributed by atoms with Crippen LogP contribution in [0, 0.1) is 5.82 Å². The summed E-state index contributed by atoms with van der Waals surface area (Å²) >= 11 is 7.58. The van der Waals surface area contributed by atoms with Gasteiger partial charge in [-0.3, -0.25) is 0 Å². The number of benzene rings is 1. The molecule has 1 aromatic carbocycles. The Labute approximate surface area is 111 Å².